The Labute approximate surface area is 123 Å². The number of nitrogens with two attached hydrogens (primary N) is 1. The third kappa shape index (κ3) is 3.31. The number of benzene rings is 2. The molecule has 0 amide bonds. The smallest absolute Gasteiger partial charge is 0.175 e. The molecule has 0 fully saturated rings. The van der Waals surface area contributed by atoms with Crippen LogP contribution in [0.2, 0.25) is 0 Å². The number of amidine groups is 1. The van der Waals surface area contributed by atoms with Gasteiger partial charge < -0.3 is 15.8 Å². The Hall–Kier alpha value is -2.56. The number of rotatable bonds is 4. The molecule has 0 spiro atoms. The van der Waals surface area contributed by atoms with Crippen LogP contribution < -0.4 is 10.6 Å². The average molecular weight is 287 g/mol. The zero-order valence-corrected chi connectivity index (χ0v) is 12.0. The van der Waals surface area contributed by atoms with Gasteiger partial charge in [-0.3, -0.25) is 0 Å². The van der Waals surface area contributed by atoms with Crippen LogP contribution in [0, 0.1) is 12.7 Å². The van der Waals surface area contributed by atoms with Gasteiger partial charge in [-0.25, -0.2) is 4.39 Å². The number of oxime groups is 1. The molecule has 0 unspecified atom stereocenters. The number of halogens is 1. The summed E-state index contributed by atoms with van der Waals surface area (Å²) in [6, 6.07) is 12.7. The fraction of sp³-hybridized carbons (Fsp3) is 0.188. The van der Waals surface area contributed by atoms with Crippen LogP contribution in [0.3, 0.4) is 0 Å². The molecule has 4 nitrogen and oxygen atoms in total. The number of hydrogen-bond donors (Lipinski definition) is 2. The second-order valence-electron chi connectivity index (χ2n) is 4.96. The molecule has 0 bridgehead atoms. The highest BCUT2D eigenvalue weighted by Crippen LogP contribution is 2.23. The van der Waals surface area contributed by atoms with Gasteiger partial charge in [-0.1, -0.05) is 41.1 Å². The molecule has 2 rings (SSSR count). The molecule has 0 atom stereocenters. The van der Waals surface area contributed by atoms with Gasteiger partial charge in [0, 0.05) is 13.6 Å². The molecule has 0 aliphatic rings. The Morgan fingerprint density at radius 1 is 1.24 bits per heavy atom. The first-order chi connectivity index (χ1) is 10.0. The first kappa shape index (κ1) is 14.8. The normalized spacial score (nSPS) is 11.5. The predicted molar refractivity (Wildman–Crippen MR) is 82.2 cm³/mol. The van der Waals surface area contributed by atoms with Gasteiger partial charge in [-0.15, -0.1) is 0 Å². The van der Waals surface area contributed by atoms with Gasteiger partial charge in [-0.2, -0.15) is 0 Å². The van der Waals surface area contributed by atoms with Gasteiger partial charge in [0.1, 0.15) is 5.82 Å². The quantitative estimate of drug-likeness (QED) is 0.393. The van der Waals surface area contributed by atoms with E-state index in [0.29, 0.717) is 12.2 Å². The number of hydrogen-bond acceptors (Lipinski definition) is 3. The highest BCUT2D eigenvalue weighted by Gasteiger charge is 2.16. The Balaban J connectivity index is 2.33. The van der Waals surface area contributed by atoms with E-state index in [1.807, 2.05) is 43.1 Å². The van der Waals surface area contributed by atoms with Crippen molar-refractivity contribution in [3.05, 3.63) is 65.0 Å². The van der Waals surface area contributed by atoms with Gasteiger partial charge in [-0.05, 0) is 24.6 Å². The monoisotopic (exact) mass is 287 g/mol. The molecule has 21 heavy (non-hydrogen) atoms. The third-order valence-electron chi connectivity index (χ3n) is 3.31. The number of nitrogens with zero attached hydrogens (tertiary/aromatic N) is 2. The molecule has 0 aromatic heterocycles. The first-order valence-electron chi connectivity index (χ1n) is 6.56. The van der Waals surface area contributed by atoms with Crippen molar-refractivity contribution in [1.29, 1.82) is 0 Å². The summed E-state index contributed by atoms with van der Waals surface area (Å²) in [6.07, 6.45) is 0. The summed E-state index contributed by atoms with van der Waals surface area (Å²) >= 11 is 0. The fourth-order valence-electron chi connectivity index (χ4n) is 2.19. The van der Waals surface area contributed by atoms with E-state index in [4.69, 9.17) is 10.9 Å². The maximum atomic E-state index is 13.9. The molecule has 0 heterocycles. The lowest BCUT2D eigenvalue weighted by Gasteiger charge is -2.22. The van der Waals surface area contributed by atoms with E-state index < -0.39 is 5.82 Å². The van der Waals surface area contributed by atoms with E-state index in [-0.39, 0.29) is 11.4 Å². The highest BCUT2D eigenvalue weighted by molar-refractivity contribution is 6.02. The summed E-state index contributed by atoms with van der Waals surface area (Å²) in [5.74, 6) is -0.752. The molecule has 0 radical (unpaired) electrons. The van der Waals surface area contributed by atoms with E-state index >= 15 is 0 Å². The molecule has 5 heteroatoms. The Kier molecular flexibility index (Phi) is 4.42. The topological polar surface area (TPSA) is 61.8 Å². The zero-order valence-electron chi connectivity index (χ0n) is 12.0. The predicted octanol–water partition coefficient (Wildman–Crippen LogP) is 2.87. The molecule has 0 saturated carbocycles. The van der Waals surface area contributed by atoms with Crippen molar-refractivity contribution < 1.29 is 9.60 Å². The molecule has 2 aromatic carbocycles. The van der Waals surface area contributed by atoms with Gasteiger partial charge in [0.25, 0.3) is 0 Å². The molecule has 2 aromatic rings. The minimum absolute atomic E-state index is 0.106. The fourth-order valence-corrected chi connectivity index (χ4v) is 2.19. The first-order valence-corrected chi connectivity index (χ1v) is 6.56. The molecular formula is C16H18FN3O. The number of anilines is 1. The molecular weight excluding hydrogens is 269 g/mol. The van der Waals surface area contributed by atoms with Crippen LogP contribution in [0.15, 0.2) is 47.6 Å². The second-order valence-corrected chi connectivity index (χ2v) is 4.96. The van der Waals surface area contributed by atoms with Crippen LogP contribution in [0.1, 0.15) is 16.7 Å². The molecule has 0 aliphatic heterocycles. The van der Waals surface area contributed by atoms with Crippen molar-refractivity contribution in [3.8, 4) is 0 Å². The zero-order chi connectivity index (χ0) is 15.4. The van der Waals surface area contributed by atoms with Crippen molar-refractivity contribution in [2.24, 2.45) is 10.9 Å². The molecule has 110 valence electrons. The summed E-state index contributed by atoms with van der Waals surface area (Å²) in [5.41, 5.74) is 8.54. The van der Waals surface area contributed by atoms with Crippen molar-refractivity contribution in [1.82, 2.24) is 0 Å². The summed E-state index contributed by atoms with van der Waals surface area (Å²) in [6.45, 7) is 2.62. The van der Waals surface area contributed by atoms with E-state index in [0.717, 1.165) is 5.56 Å². The maximum absolute atomic E-state index is 13.9. The van der Waals surface area contributed by atoms with Crippen LogP contribution >= 0.6 is 0 Å². The highest BCUT2D eigenvalue weighted by atomic mass is 19.1. The second kappa shape index (κ2) is 6.26. The van der Waals surface area contributed by atoms with Crippen LogP contribution in [0.5, 0.6) is 0 Å². The van der Waals surface area contributed by atoms with Gasteiger partial charge in [0.05, 0.1) is 11.3 Å². The number of aryl methyl sites for hydroxylation is 1. The van der Waals surface area contributed by atoms with E-state index in [2.05, 4.69) is 5.16 Å². The summed E-state index contributed by atoms with van der Waals surface area (Å²) < 4.78 is 13.9. The molecule has 0 saturated heterocycles. The van der Waals surface area contributed by atoms with Crippen molar-refractivity contribution in [2.75, 3.05) is 11.9 Å². The summed E-state index contributed by atoms with van der Waals surface area (Å²) in [4.78, 5) is 1.86. The standard InChI is InChI=1S/C16H18FN3O/c1-11-6-8-12(9-7-11)10-20(2)14-5-3-4-13(17)15(14)16(18)19-21/h3-9,21H,10H2,1-2H3,(H2,18,19). The lowest BCUT2D eigenvalue weighted by molar-refractivity contribution is 0.318. The average Bonchev–Trinajstić information content (AvgIpc) is 2.48. The van der Waals surface area contributed by atoms with Gasteiger partial charge >= 0.3 is 0 Å². The van der Waals surface area contributed by atoms with Gasteiger partial charge in [0.15, 0.2) is 5.84 Å². The van der Waals surface area contributed by atoms with E-state index in [1.165, 1.54) is 11.6 Å². The van der Waals surface area contributed by atoms with Crippen molar-refractivity contribution >= 4 is 11.5 Å². The van der Waals surface area contributed by atoms with Crippen LogP contribution in [0.25, 0.3) is 0 Å². The van der Waals surface area contributed by atoms with Gasteiger partial charge in [0.2, 0.25) is 0 Å². The Morgan fingerprint density at radius 3 is 2.52 bits per heavy atom. The van der Waals surface area contributed by atoms with Crippen LogP contribution in [-0.4, -0.2) is 18.1 Å². The van der Waals surface area contributed by atoms with Crippen molar-refractivity contribution in [2.45, 2.75) is 13.5 Å². The SMILES string of the molecule is Cc1ccc(CN(C)c2cccc(F)c2C(N)=NO)cc1. The largest absolute Gasteiger partial charge is 0.409 e. The Bertz CT molecular complexity index is 653. The summed E-state index contributed by atoms with van der Waals surface area (Å²) in [5, 5.41) is 11.7. The summed E-state index contributed by atoms with van der Waals surface area (Å²) in [7, 11) is 1.84. The van der Waals surface area contributed by atoms with Crippen LogP contribution in [0.4, 0.5) is 10.1 Å². The molecule has 0 aliphatic carbocycles. The van der Waals surface area contributed by atoms with E-state index in [9.17, 15) is 4.39 Å². The van der Waals surface area contributed by atoms with E-state index in [1.54, 1.807) is 12.1 Å². The third-order valence-corrected chi connectivity index (χ3v) is 3.31. The minimum Gasteiger partial charge on any atom is -0.409 e. The lowest BCUT2D eigenvalue weighted by atomic mass is 10.1. The minimum atomic E-state index is -0.515. The van der Waals surface area contributed by atoms with Crippen molar-refractivity contribution in [3.63, 3.8) is 0 Å². The van der Waals surface area contributed by atoms with Crippen LogP contribution in [-0.2, 0) is 6.54 Å². The Morgan fingerprint density at radius 2 is 1.90 bits per heavy atom. The maximum Gasteiger partial charge on any atom is 0.175 e. The molecule has 3 N–H and O–H groups in total. The lowest BCUT2D eigenvalue weighted by Crippen LogP contribution is -2.23.